The largest absolute Gasteiger partial charge is 0.476 e. The molecule has 1 aliphatic heterocycles. The molecule has 10 nitrogen and oxygen atoms in total. The van der Waals surface area contributed by atoms with Crippen LogP contribution < -0.4 is 14.8 Å². The van der Waals surface area contributed by atoms with Crippen LogP contribution in [-0.2, 0) is 20.1 Å². The van der Waals surface area contributed by atoms with E-state index in [1.807, 2.05) is 46.0 Å². The Bertz CT molecular complexity index is 1380. The number of H-pyrrole nitrogens is 1. The number of nitrogens with one attached hydrogen (secondary N) is 2. The Kier molecular flexibility index (Phi) is 6.31. The van der Waals surface area contributed by atoms with Crippen LogP contribution in [-0.4, -0.2) is 60.7 Å². The first-order valence-corrected chi connectivity index (χ1v) is 11.9. The van der Waals surface area contributed by atoms with Gasteiger partial charge in [-0.25, -0.2) is 4.68 Å². The van der Waals surface area contributed by atoms with Gasteiger partial charge in [-0.15, -0.1) is 5.10 Å². The van der Waals surface area contributed by atoms with E-state index in [1.165, 1.54) is 0 Å². The average molecular weight is 478 g/mol. The van der Waals surface area contributed by atoms with Crippen molar-refractivity contribution in [2.24, 2.45) is 7.05 Å². The molecule has 0 radical (unpaired) electrons. The molecule has 184 valence electrons. The molecule has 3 N–H and O–H groups in total. The Morgan fingerprint density at radius 1 is 1.26 bits per heavy atom. The van der Waals surface area contributed by atoms with Crippen LogP contribution in [0.1, 0.15) is 36.5 Å². The summed E-state index contributed by atoms with van der Waals surface area (Å²) in [5.74, 6) is 1.28. The lowest BCUT2D eigenvalue weighted by Crippen LogP contribution is -2.30. The second-order valence-corrected chi connectivity index (χ2v) is 8.70. The maximum absolute atomic E-state index is 9.60. The number of hydrogen-bond acceptors (Lipinski definition) is 7. The van der Waals surface area contributed by atoms with E-state index in [4.69, 9.17) is 9.47 Å². The van der Waals surface area contributed by atoms with Crippen molar-refractivity contribution >= 4 is 23.1 Å². The molecule has 1 aromatic carbocycles. The van der Waals surface area contributed by atoms with E-state index in [-0.39, 0.29) is 12.7 Å². The lowest BCUT2D eigenvalue weighted by Gasteiger charge is -2.17. The van der Waals surface area contributed by atoms with Crippen LogP contribution in [0.15, 0.2) is 18.2 Å². The maximum atomic E-state index is 9.60. The summed E-state index contributed by atoms with van der Waals surface area (Å²) in [6.07, 6.45) is 3.89. The van der Waals surface area contributed by atoms with E-state index < -0.39 is 0 Å². The van der Waals surface area contributed by atoms with Gasteiger partial charge in [0, 0.05) is 25.5 Å². The van der Waals surface area contributed by atoms with Crippen LogP contribution in [0.4, 0.5) is 0 Å². The monoisotopic (exact) mass is 477 g/mol. The van der Waals surface area contributed by atoms with Gasteiger partial charge in [-0.05, 0) is 50.6 Å². The number of nitrogens with zero attached hydrogens (tertiary/aromatic N) is 5. The Morgan fingerprint density at radius 3 is 2.91 bits per heavy atom. The van der Waals surface area contributed by atoms with Gasteiger partial charge in [0.15, 0.2) is 0 Å². The van der Waals surface area contributed by atoms with Crippen molar-refractivity contribution in [3.05, 3.63) is 40.8 Å². The molecule has 5 rings (SSSR count). The quantitative estimate of drug-likeness (QED) is 0.414. The summed E-state index contributed by atoms with van der Waals surface area (Å²) in [5, 5.41) is 31.0. The molecule has 0 saturated carbocycles. The number of hydrogen-bond donors (Lipinski definition) is 3. The Morgan fingerprint density at radius 2 is 2.11 bits per heavy atom. The number of aliphatic hydroxyl groups excluding tert-OH is 1. The topological polar surface area (TPSA) is 115 Å². The van der Waals surface area contributed by atoms with Gasteiger partial charge in [0.1, 0.15) is 6.10 Å². The normalized spacial score (nSPS) is 16.9. The molecule has 0 saturated heterocycles. The number of aromatic nitrogens is 6. The van der Waals surface area contributed by atoms with E-state index in [1.54, 1.807) is 9.36 Å². The predicted octanol–water partition coefficient (Wildman–Crippen LogP) is 2.90. The molecule has 0 amide bonds. The molecule has 4 aromatic rings. The predicted molar refractivity (Wildman–Crippen MR) is 134 cm³/mol. The molecule has 0 spiro atoms. The molecule has 3 aromatic heterocycles. The number of rotatable bonds is 4. The summed E-state index contributed by atoms with van der Waals surface area (Å²) in [6, 6.07) is 6.18. The molecule has 1 aliphatic rings. The Hall–Kier alpha value is -3.63. The first-order valence-electron chi connectivity index (χ1n) is 11.9. The van der Waals surface area contributed by atoms with Crippen molar-refractivity contribution in [3.63, 3.8) is 0 Å². The van der Waals surface area contributed by atoms with Crippen molar-refractivity contribution in [2.45, 2.75) is 40.0 Å². The average Bonchev–Trinajstić information content (AvgIpc) is 3.46. The third-order valence-electron chi connectivity index (χ3n) is 6.15. The molecule has 10 heteroatoms. The number of benzene rings is 1. The molecule has 2 bridgehead atoms. The van der Waals surface area contributed by atoms with Crippen molar-refractivity contribution < 1.29 is 14.6 Å². The summed E-state index contributed by atoms with van der Waals surface area (Å²) in [6.45, 7) is 7.98. The van der Waals surface area contributed by atoms with Gasteiger partial charge in [-0.3, -0.25) is 9.78 Å². The summed E-state index contributed by atoms with van der Waals surface area (Å²) in [5.41, 5.74) is 6.47. The minimum Gasteiger partial charge on any atom is -0.476 e. The number of aromatic amines is 1. The lowest BCUT2D eigenvalue weighted by atomic mass is 10.0. The SMILES string of the molecule is CCOc1nn(CCO)c2c1/C=C/c1[nH]nc3ccc(cc13)-c1c(C)nn(C)c1O[C@H](C)CNC2. The zero-order valence-electron chi connectivity index (χ0n) is 20.5. The van der Waals surface area contributed by atoms with Crippen molar-refractivity contribution in [2.75, 3.05) is 19.8 Å². The summed E-state index contributed by atoms with van der Waals surface area (Å²) >= 11 is 0. The molecule has 35 heavy (non-hydrogen) atoms. The van der Waals surface area contributed by atoms with Crippen molar-refractivity contribution in [3.8, 4) is 22.9 Å². The zero-order valence-corrected chi connectivity index (χ0v) is 20.5. The molecule has 0 aliphatic carbocycles. The summed E-state index contributed by atoms with van der Waals surface area (Å²) in [7, 11) is 1.90. The second kappa shape index (κ2) is 9.55. The number of aryl methyl sites for hydroxylation is 2. The van der Waals surface area contributed by atoms with Gasteiger partial charge in [0.05, 0.1) is 53.5 Å². The molecular formula is C25H31N7O3. The number of ether oxygens (including phenoxy) is 2. The highest BCUT2D eigenvalue weighted by atomic mass is 16.5. The van der Waals surface area contributed by atoms with Crippen LogP contribution in [0.5, 0.6) is 11.8 Å². The van der Waals surface area contributed by atoms with E-state index >= 15 is 0 Å². The maximum Gasteiger partial charge on any atom is 0.240 e. The van der Waals surface area contributed by atoms with Gasteiger partial charge in [0.2, 0.25) is 11.8 Å². The summed E-state index contributed by atoms with van der Waals surface area (Å²) < 4.78 is 15.8. The van der Waals surface area contributed by atoms with Crippen LogP contribution >= 0.6 is 0 Å². The van der Waals surface area contributed by atoms with Crippen LogP contribution in [0.25, 0.3) is 34.2 Å². The fraction of sp³-hybridized carbons (Fsp3) is 0.400. The van der Waals surface area contributed by atoms with Gasteiger partial charge in [-0.1, -0.05) is 6.07 Å². The van der Waals surface area contributed by atoms with E-state index in [0.717, 1.165) is 50.6 Å². The van der Waals surface area contributed by atoms with Crippen molar-refractivity contribution in [1.29, 1.82) is 0 Å². The minimum absolute atomic E-state index is 0.0144. The number of aliphatic hydroxyl groups is 1. The van der Waals surface area contributed by atoms with E-state index in [0.29, 0.717) is 32.1 Å². The fourth-order valence-electron chi connectivity index (χ4n) is 4.57. The highest BCUT2D eigenvalue weighted by molar-refractivity contribution is 5.93. The molecule has 1 atom stereocenters. The van der Waals surface area contributed by atoms with Gasteiger partial charge in [0.25, 0.3) is 0 Å². The molecular weight excluding hydrogens is 446 g/mol. The third kappa shape index (κ3) is 4.30. The first kappa shape index (κ1) is 23.1. The standard InChI is InChI=1S/C25H31N7O3/c1-5-34-24-18-7-9-21-19-12-17(6-8-20(19)27-28-21)23-16(3)29-31(4)25(23)35-15(2)13-26-14-22(18)32(30-24)10-11-33/h6-9,12,15,26,33H,5,10-11,13-14H2,1-4H3,(H,27,28)/b9-7+/t15-/m1/s1. The van der Waals surface area contributed by atoms with E-state index in [2.05, 4.69) is 37.8 Å². The fourth-order valence-corrected chi connectivity index (χ4v) is 4.57. The molecule has 0 unspecified atom stereocenters. The smallest absolute Gasteiger partial charge is 0.240 e. The minimum atomic E-state index is -0.110. The lowest BCUT2D eigenvalue weighted by molar-refractivity contribution is 0.199. The molecule has 0 fully saturated rings. The highest BCUT2D eigenvalue weighted by Gasteiger charge is 2.22. The third-order valence-corrected chi connectivity index (χ3v) is 6.15. The van der Waals surface area contributed by atoms with Crippen molar-refractivity contribution in [1.82, 2.24) is 35.1 Å². The van der Waals surface area contributed by atoms with E-state index in [9.17, 15) is 5.11 Å². The highest BCUT2D eigenvalue weighted by Crippen LogP contribution is 2.36. The van der Waals surface area contributed by atoms with Crippen LogP contribution in [0.2, 0.25) is 0 Å². The van der Waals surface area contributed by atoms with Gasteiger partial charge in [-0.2, -0.15) is 10.2 Å². The van der Waals surface area contributed by atoms with Crippen LogP contribution in [0, 0.1) is 6.92 Å². The number of fused-ring (bicyclic) bond motifs is 4. The molecule has 4 heterocycles. The zero-order chi connectivity index (χ0) is 24.5. The Labute approximate surface area is 203 Å². The van der Waals surface area contributed by atoms with Gasteiger partial charge < -0.3 is 19.9 Å². The second-order valence-electron chi connectivity index (χ2n) is 8.70. The van der Waals surface area contributed by atoms with Crippen LogP contribution in [0.3, 0.4) is 0 Å². The Balaban J connectivity index is 1.68. The first-order chi connectivity index (χ1) is 17.0. The van der Waals surface area contributed by atoms with Gasteiger partial charge >= 0.3 is 0 Å². The summed E-state index contributed by atoms with van der Waals surface area (Å²) in [4.78, 5) is 0.